The van der Waals surface area contributed by atoms with Crippen LogP contribution < -0.4 is 5.32 Å². The zero-order chi connectivity index (χ0) is 15.6. The van der Waals surface area contributed by atoms with Gasteiger partial charge >= 0.3 is 12.1 Å². The van der Waals surface area contributed by atoms with Gasteiger partial charge in [-0.3, -0.25) is 0 Å². The lowest BCUT2D eigenvalue weighted by atomic mass is 9.63. The van der Waals surface area contributed by atoms with Gasteiger partial charge in [0.15, 0.2) is 0 Å². The van der Waals surface area contributed by atoms with Gasteiger partial charge in [0.25, 0.3) is 0 Å². The third kappa shape index (κ3) is 3.33. The summed E-state index contributed by atoms with van der Waals surface area (Å²) in [5.74, 6) is 0.132. The normalized spacial score (nSPS) is 32.0. The molecule has 1 amide bonds. The maximum absolute atomic E-state index is 12.4. The Bertz CT molecular complexity index is 409. The van der Waals surface area contributed by atoms with Crippen LogP contribution in [0.25, 0.3) is 0 Å². The van der Waals surface area contributed by atoms with E-state index in [-0.39, 0.29) is 24.6 Å². The first-order valence-electron chi connectivity index (χ1n) is 8.01. The molecule has 2 fully saturated rings. The second-order valence-corrected chi connectivity index (χ2v) is 6.90. The molecule has 2 aliphatic rings. The van der Waals surface area contributed by atoms with Crippen molar-refractivity contribution in [2.45, 2.75) is 65.5 Å². The van der Waals surface area contributed by atoms with Crippen LogP contribution in [0, 0.1) is 17.3 Å². The zero-order valence-corrected chi connectivity index (χ0v) is 13.5. The molecule has 5 nitrogen and oxygen atoms in total. The van der Waals surface area contributed by atoms with Crippen molar-refractivity contribution in [3.8, 4) is 0 Å². The Morgan fingerprint density at radius 2 is 1.95 bits per heavy atom. The van der Waals surface area contributed by atoms with Gasteiger partial charge in [0.05, 0.1) is 6.61 Å². The van der Waals surface area contributed by atoms with E-state index in [0.717, 1.165) is 19.3 Å². The second-order valence-electron chi connectivity index (χ2n) is 6.90. The number of alkyl carbamates (subject to hydrolysis) is 1. The number of rotatable bonds is 5. The molecule has 2 aliphatic carbocycles. The number of hydrogen-bond acceptors (Lipinski definition) is 4. The van der Waals surface area contributed by atoms with E-state index in [0.29, 0.717) is 11.3 Å². The third-order valence-corrected chi connectivity index (χ3v) is 5.11. The van der Waals surface area contributed by atoms with Crippen LogP contribution in [-0.4, -0.2) is 30.8 Å². The largest absolute Gasteiger partial charge is 0.461 e. The quantitative estimate of drug-likeness (QED) is 0.792. The number of hydrogen-bond donors (Lipinski definition) is 1. The van der Waals surface area contributed by atoms with Gasteiger partial charge in [0.2, 0.25) is 0 Å². The highest BCUT2D eigenvalue weighted by molar-refractivity contribution is 5.81. The first-order valence-corrected chi connectivity index (χ1v) is 8.01. The summed E-state index contributed by atoms with van der Waals surface area (Å²) >= 11 is 0. The van der Waals surface area contributed by atoms with Crippen LogP contribution in [0.15, 0.2) is 0 Å². The van der Waals surface area contributed by atoms with Gasteiger partial charge in [0.1, 0.15) is 12.1 Å². The monoisotopic (exact) mass is 297 g/mol. The van der Waals surface area contributed by atoms with E-state index < -0.39 is 12.1 Å². The van der Waals surface area contributed by atoms with Crippen molar-refractivity contribution in [2.24, 2.45) is 17.3 Å². The molecule has 0 aliphatic heterocycles. The van der Waals surface area contributed by atoms with Gasteiger partial charge in [0, 0.05) is 5.92 Å². The minimum Gasteiger partial charge on any atom is -0.461 e. The zero-order valence-electron chi connectivity index (χ0n) is 13.5. The van der Waals surface area contributed by atoms with Gasteiger partial charge in [-0.25, -0.2) is 9.59 Å². The summed E-state index contributed by atoms with van der Waals surface area (Å²) in [6, 6.07) is -0.643. The standard InChI is InChI=1S/C16H27NO4/c1-5-20-15(19)17-13(10(2)3)14(18)21-12-7-9-16(4)8-6-11(12)16/h10-13H,5-9H2,1-4H3,(H,17,19)/t11-,12-,13+,16+/m1/s1. The van der Waals surface area contributed by atoms with Gasteiger partial charge in [-0.05, 0) is 43.9 Å². The minimum atomic E-state index is -0.643. The van der Waals surface area contributed by atoms with Crippen LogP contribution in [-0.2, 0) is 14.3 Å². The third-order valence-electron chi connectivity index (χ3n) is 5.11. The Balaban J connectivity index is 1.91. The highest BCUT2D eigenvalue weighted by Crippen LogP contribution is 2.58. The van der Waals surface area contributed by atoms with E-state index >= 15 is 0 Å². The molecule has 4 atom stereocenters. The van der Waals surface area contributed by atoms with Crippen molar-refractivity contribution in [1.29, 1.82) is 0 Å². The Hall–Kier alpha value is -1.26. The number of ether oxygens (including phenoxy) is 2. The molecule has 0 bridgehead atoms. The van der Waals surface area contributed by atoms with E-state index in [1.54, 1.807) is 6.92 Å². The molecule has 2 saturated carbocycles. The highest BCUT2D eigenvalue weighted by atomic mass is 16.6. The number of esters is 1. The number of nitrogens with one attached hydrogen (secondary N) is 1. The maximum Gasteiger partial charge on any atom is 0.407 e. The van der Waals surface area contributed by atoms with Crippen molar-refractivity contribution >= 4 is 12.1 Å². The fourth-order valence-electron chi connectivity index (χ4n) is 3.58. The van der Waals surface area contributed by atoms with Crippen LogP contribution >= 0.6 is 0 Å². The molecule has 21 heavy (non-hydrogen) atoms. The van der Waals surface area contributed by atoms with Gasteiger partial charge in [-0.2, -0.15) is 0 Å². The second kappa shape index (κ2) is 6.24. The van der Waals surface area contributed by atoms with Gasteiger partial charge < -0.3 is 14.8 Å². The Labute approximate surface area is 126 Å². The van der Waals surface area contributed by atoms with Crippen LogP contribution in [0.2, 0.25) is 0 Å². The smallest absolute Gasteiger partial charge is 0.407 e. The van der Waals surface area contributed by atoms with E-state index in [1.807, 2.05) is 13.8 Å². The SMILES string of the molecule is CCOC(=O)N[C@H](C(=O)O[C@@H]1CC[C@]2(C)CC[C@H]12)C(C)C. The molecular weight excluding hydrogens is 270 g/mol. The Morgan fingerprint density at radius 1 is 1.29 bits per heavy atom. The fourth-order valence-corrected chi connectivity index (χ4v) is 3.58. The van der Waals surface area contributed by atoms with Crippen molar-refractivity contribution in [3.63, 3.8) is 0 Å². The summed E-state index contributed by atoms with van der Waals surface area (Å²) in [5.41, 5.74) is 0.368. The predicted octanol–water partition coefficient (Wildman–Crippen LogP) is 2.88. The van der Waals surface area contributed by atoms with Gasteiger partial charge in [-0.1, -0.05) is 20.8 Å². The van der Waals surface area contributed by atoms with E-state index in [4.69, 9.17) is 9.47 Å². The molecule has 0 spiro atoms. The van der Waals surface area contributed by atoms with Crippen LogP contribution in [0.3, 0.4) is 0 Å². The molecule has 0 aromatic carbocycles. The number of carbonyl (C=O) groups is 2. The number of carbonyl (C=O) groups excluding carboxylic acids is 2. The number of amides is 1. The topological polar surface area (TPSA) is 64.6 Å². The average Bonchev–Trinajstić information content (AvgIpc) is 2.59. The lowest BCUT2D eigenvalue weighted by Crippen LogP contribution is -2.48. The molecule has 0 radical (unpaired) electrons. The Morgan fingerprint density at radius 3 is 2.43 bits per heavy atom. The van der Waals surface area contributed by atoms with Crippen LogP contribution in [0.1, 0.15) is 53.4 Å². The van der Waals surface area contributed by atoms with Crippen molar-refractivity contribution in [3.05, 3.63) is 0 Å². The molecule has 0 aromatic heterocycles. The predicted molar refractivity (Wildman–Crippen MR) is 78.7 cm³/mol. The molecule has 0 heterocycles. The minimum absolute atomic E-state index is 0.0153. The van der Waals surface area contributed by atoms with Crippen molar-refractivity contribution in [1.82, 2.24) is 5.32 Å². The Kier molecular flexibility index (Phi) is 4.79. The molecule has 5 heteroatoms. The van der Waals surface area contributed by atoms with Crippen LogP contribution in [0.4, 0.5) is 4.79 Å². The molecule has 2 rings (SSSR count). The van der Waals surface area contributed by atoms with E-state index in [1.165, 1.54) is 6.42 Å². The molecule has 0 saturated heterocycles. The lowest BCUT2D eigenvalue weighted by molar-refractivity contribution is -0.157. The first kappa shape index (κ1) is 16.1. The summed E-state index contributed by atoms with van der Waals surface area (Å²) in [5, 5.41) is 2.61. The first-order chi connectivity index (χ1) is 9.87. The fraction of sp³-hybridized carbons (Fsp3) is 0.875. The summed E-state index contributed by atoms with van der Waals surface area (Å²) in [7, 11) is 0. The van der Waals surface area contributed by atoms with E-state index in [9.17, 15) is 9.59 Å². The van der Waals surface area contributed by atoms with Gasteiger partial charge in [-0.15, -0.1) is 0 Å². The van der Waals surface area contributed by atoms with Crippen LogP contribution in [0.5, 0.6) is 0 Å². The summed E-state index contributed by atoms with van der Waals surface area (Å²) in [4.78, 5) is 23.9. The molecule has 120 valence electrons. The molecular formula is C16H27NO4. The lowest BCUT2D eigenvalue weighted by Gasteiger charge is -2.43. The molecule has 0 unspecified atom stereocenters. The van der Waals surface area contributed by atoms with Crippen molar-refractivity contribution < 1.29 is 19.1 Å². The summed E-state index contributed by atoms with van der Waals surface area (Å²) in [6.45, 7) is 8.08. The molecule has 0 aromatic rings. The number of fused-ring (bicyclic) bond motifs is 1. The summed E-state index contributed by atoms with van der Waals surface area (Å²) in [6.07, 6.45) is 3.91. The van der Waals surface area contributed by atoms with E-state index in [2.05, 4.69) is 12.2 Å². The average molecular weight is 297 g/mol. The maximum atomic E-state index is 12.4. The highest BCUT2D eigenvalue weighted by Gasteiger charge is 2.53. The summed E-state index contributed by atoms with van der Waals surface area (Å²) < 4.78 is 10.6. The van der Waals surface area contributed by atoms with Crippen molar-refractivity contribution in [2.75, 3.05) is 6.61 Å². The molecule has 1 N–H and O–H groups in total.